The Morgan fingerprint density at radius 1 is 1.52 bits per heavy atom. The van der Waals surface area contributed by atoms with E-state index in [2.05, 4.69) is 10.0 Å². The van der Waals surface area contributed by atoms with Crippen molar-refractivity contribution in [1.29, 1.82) is 0 Å². The van der Waals surface area contributed by atoms with Gasteiger partial charge in [-0.15, -0.1) is 0 Å². The fraction of sp³-hybridized carbons (Fsp3) is 0.538. The van der Waals surface area contributed by atoms with Crippen molar-refractivity contribution in [3.8, 4) is 0 Å². The maximum atomic E-state index is 12.9. The van der Waals surface area contributed by atoms with Crippen LogP contribution in [-0.2, 0) is 21.3 Å². The molecule has 112 valence electrons. The summed E-state index contributed by atoms with van der Waals surface area (Å²) in [7, 11) is -3.47. The van der Waals surface area contributed by atoms with Gasteiger partial charge in [-0.2, -0.15) is 4.31 Å². The first-order valence-electron chi connectivity index (χ1n) is 6.77. The van der Waals surface area contributed by atoms with Crippen LogP contribution in [0.2, 0.25) is 5.02 Å². The van der Waals surface area contributed by atoms with Crippen molar-refractivity contribution in [2.75, 3.05) is 6.54 Å². The zero-order chi connectivity index (χ0) is 15.3. The van der Waals surface area contributed by atoms with Crippen LogP contribution in [0.3, 0.4) is 0 Å². The Labute approximate surface area is 128 Å². The molecule has 1 aromatic carbocycles. The molecule has 0 bridgehead atoms. The largest absolute Gasteiger partial charge is 0.224 e. The molecule has 0 N–H and O–H groups in total. The molecule has 0 saturated heterocycles. The van der Waals surface area contributed by atoms with E-state index in [1.54, 1.807) is 12.1 Å². The number of fused-ring (bicyclic) bond motifs is 2. The normalized spacial score (nSPS) is 30.3. The van der Waals surface area contributed by atoms with Crippen molar-refractivity contribution in [2.45, 2.75) is 37.1 Å². The Morgan fingerprint density at radius 2 is 2.24 bits per heavy atom. The van der Waals surface area contributed by atoms with Crippen LogP contribution >= 0.6 is 11.6 Å². The van der Waals surface area contributed by atoms with Crippen LogP contribution in [0.4, 0.5) is 0 Å². The number of azide groups is 1. The molecule has 2 aliphatic rings. The van der Waals surface area contributed by atoms with Crippen molar-refractivity contribution >= 4 is 21.6 Å². The lowest BCUT2D eigenvalue weighted by atomic mass is 9.73. The van der Waals surface area contributed by atoms with Gasteiger partial charge >= 0.3 is 0 Å². The second-order valence-electron chi connectivity index (χ2n) is 5.49. The minimum Gasteiger partial charge on any atom is -0.211 e. The number of hydrogen-bond donors (Lipinski definition) is 0. The van der Waals surface area contributed by atoms with Crippen LogP contribution in [0, 0.1) is 0 Å². The maximum Gasteiger partial charge on any atom is 0.224 e. The fourth-order valence-electron chi connectivity index (χ4n) is 3.34. The van der Waals surface area contributed by atoms with Crippen molar-refractivity contribution in [3.63, 3.8) is 0 Å². The molecule has 1 aliphatic carbocycles. The molecule has 0 atom stereocenters. The van der Waals surface area contributed by atoms with Gasteiger partial charge in [-0.25, -0.2) is 8.42 Å². The van der Waals surface area contributed by atoms with E-state index in [1.165, 1.54) is 4.31 Å². The summed E-state index contributed by atoms with van der Waals surface area (Å²) in [5.41, 5.74) is 10.3. The van der Waals surface area contributed by atoms with Crippen molar-refractivity contribution in [1.82, 2.24) is 4.31 Å². The predicted octanol–water partition coefficient (Wildman–Crippen LogP) is 3.17. The molecule has 1 heterocycles. The molecule has 0 amide bonds. The summed E-state index contributed by atoms with van der Waals surface area (Å²) in [5.74, 6) is 0. The van der Waals surface area contributed by atoms with E-state index >= 15 is 0 Å². The number of benzene rings is 1. The number of nitrogens with zero attached hydrogens (tertiary/aromatic N) is 4. The molecule has 8 heteroatoms. The van der Waals surface area contributed by atoms with E-state index in [1.807, 2.05) is 13.0 Å². The first-order chi connectivity index (χ1) is 9.94. The lowest BCUT2D eigenvalue weighted by Gasteiger charge is -2.51. The van der Waals surface area contributed by atoms with Crippen LogP contribution < -0.4 is 0 Å². The van der Waals surface area contributed by atoms with E-state index in [0.717, 1.165) is 11.1 Å². The highest BCUT2D eigenvalue weighted by Gasteiger charge is 2.59. The van der Waals surface area contributed by atoms with Gasteiger partial charge in [0.25, 0.3) is 0 Å². The summed E-state index contributed by atoms with van der Waals surface area (Å²) < 4.78 is 26.3. The monoisotopic (exact) mass is 326 g/mol. The summed E-state index contributed by atoms with van der Waals surface area (Å²) in [4.78, 5) is 2.79. The molecular weight excluding hydrogens is 312 g/mol. The molecule has 1 aliphatic heterocycles. The molecular formula is C13H15ClN4O2S. The van der Waals surface area contributed by atoms with Gasteiger partial charge in [0.15, 0.2) is 0 Å². The van der Waals surface area contributed by atoms with E-state index in [0.29, 0.717) is 31.0 Å². The van der Waals surface area contributed by atoms with Crippen molar-refractivity contribution in [2.24, 2.45) is 5.11 Å². The minimum atomic E-state index is -3.47. The van der Waals surface area contributed by atoms with Gasteiger partial charge in [0, 0.05) is 29.1 Å². The lowest BCUT2D eigenvalue weighted by Crippen LogP contribution is -2.58. The molecule has 0 aromatic heterocycles. The number of hydrogen-bond acceptors (Lipinski definition) is 3. The lowest BCUT2D eigenvalue weighted by molar-refractivity contribution is 0.254. The van der Waals surface area contributed by atoms with Crippen molar-refractivity contribution in [3.05, 3.63) is 44.8 Å². The first kappa shape index (κ1) is 14.7. The molecule has 0 radical (unpaired) electrons. The molecule has 0 unspecified atom stereocenters. The van der Waals surface area contributed by atoms with E-state index in [9.17, 15) is 8.42 Å². The summed E-state index contributed by atoms with van der Waals surface area (Å²) >= 11 is 6.06. The quantitative estimate of drug-likeness (QED) is 0.475. The average Bonchev–Trinajstić information content (AvgIpc) is 2.39. The van der Waals surface area contributed by atoms with Crippen LogP contribution in [-0.4, -0.2) is 25.3 Å². The fourth-order valence-corrected chi connectivity index (χ4v) is 5.93. The van der Waals surface area contributed by atoms with Gasteiger partial charge in [0.1, 0.15) is 4.75 Å². The second kappa shape index (κ2) is 4.88. The highest BCUT2D eigenvalue weighted by atomic mass is 35.5. The average molecular weight is 327 g/mol. The van der Waals surface area contributed by atoms with Gasteiger partial charge < -0.3 is 0 Å². The topological polar surface area (TPSA) is 86.1 Å². The van der Waals surface area contributed by atoms with E-state index < -0.39 is 14.8 Å². The smallest absolute Gasteiger partial charge is 0.211 e. The van der Waals surface area contributed by atoms with Crippen LogP contribution in [0.15, 0.2) is 23.3 Å². The van der Waals surface area contributed by atoms with Crippen LogP contribution in [0.5, 0.6) is 0 Å². The Kier molecular flexibility index (Phi) is 3.41. The SMILES string of the molecule is CCN1Cc2ccc(Cl)cc2C2(CC(N=[N+]=[N-])C2)S1(=O)=O. The highest BCUT2D eigenvalue weighted by molar-refractivity contribution is 7.90. The molecule has 3 rings (SSSR count). The predicted molar refractivity (Wildman–Crippen MR) is 80.3 cm³/mol. The maximum absolute atomic E-state index is 12.9. The van der Waals surface area contributed by atoms with Crippen LogP contribution in [0.1, 0.15) is 30.9 Å². The standard InChI is InChI=1S/C13H15ClN4O2S/c1-2-18-8-9-3-4-10(14)5-12(9)13(21(18,19)20)6-11(7-13)16-17-15/h3-5,11H,2,6-8H2,1H3. The van der Waals surface area contributed by atoms with Crippen molar-refractivity contribution < 1.29 is 8.42 Å². The molecule has 21 heavy (non-hydrogen) atoms. The van der Waals surface area contributed by atoms with Gasteiger partial charge in [0.05, 0.1) is 0 Å². The third-order valence-electron chi connectivity index (χ3n) is 4.44. The zero-order valence-corrected chi connectivity index (χ0v) is 13.1. The third-order valence-corrected chi connectivity index (χ3v) is 7.28. The zero-order valence-electron chi connectivity index (χ0n) is 11.5. The minimum absolute atomic E-state index is 0.270. The number of sulfonamides is 1. The molecule has 6 nitrogen and oxygen atoms in total. The van der Waals surface area contributed by atoms with Gasteiger partial charge in [-0.3, -0.25) is 0 Å². The molecule has 1 spiro atoms. The van der Waals surface area contributed by atoms with E-state index in [4.69, 9.17) is 17.1 Å². The molecule has 1 saturated carbocycles. The van der Waals surface area contributed by atoms with Gasteiger partial charge in [-0.05, 0) is 41.6 Å². The van der Waals surface area contributed by atoms with Gasteiger partial charge in [-0.1, -0.05) is 29.7 Å². The van der Waals surface area contributed by atoms with Crippen LogP contribution in [0.25, 0.3) is 10.4 Å². The summed E-state index contributed by atoms with van der Waals surface area (Å²) in [6.07, 6.45) is 0.645. The number of halogens is 1. The summed E-state index contributed by atoms with van der Waals surface area (Å²) in [5, 5.41) is 4.18. The molecule has 1 aromatic rings. The first-order valence-corrected chi connectivity index (χ1v) is 8.59. The highest BCUT2D eigenvalue weighted by Crippen LogP contribution is 2.54. The molecule has 1 fully saturated rings. The third kappa shape index (κ3) is 1.96. The Morgan fingerprint density at radius 3 is 2.86 bits per heavy atom. The Hall–Kier alpha value is -1.27. The summed E-state index contributed by atoms with van der Waals surface area (Å²) in [6.45, 7) is 2.63. The summed E-state index contributed by atoms with van der Waals surface area (Å²) in [6, 6.07) is 5.14. The Bertz CT molecular complexity index is 737. The second-order valence-corrected chi connectivity index (χ2v) is 8.18. The number of rotatable bonds is 2. The Balaban J connectivity index is 2.16. The van der Waals surface area contributed by atoms with E-state index in [-0.39, 0.29) is 6.04 Å². The van der Waals surface area contributed by atoms with Gasteiger partial charge in [0.2, 0.25) is 10.0 Å².